The number of hydrogen-bond donors (Lipinski definition) is 0. The van der Waals surface area contributed by atoms with E-state index in [9.17, 15) is 0 Å². The second-order valence-electron chi connectivity index (χ2n) is 13.0. The summed E-state index contributed by atoms with van der Waals surface area (Å²) in [5.41, 5.74) is 12.8. The Morgan fingerprint density at radius 3 is 1.91 bits per heavy atom. The Hall–Kier alpha value is -5.00. The summed E-state index contributed by atoms with van der Waals surface area (Å²) in [5, 5.41) is 3.58. The summed E-state index contributed by atoms with van der Waals surface area (Å²) in [7, 11) is -1.49. The Kier molecular flexibility index (Phi) is 7.14. The molecule has 0 aliphatic heterocycles. The molecule has 7 rings (SSSR count). The highest BCUT2D eigenvalue weighted by Crippen LogP contribution is 2.41. The third-order valence-corrected chi connectivity index (χ3v) is 10.6. The fourth-order valence-electron chi connectivity index (χ4n) is 6.39. The Morgan fingerprint density at radius 2 is 1.24 bits per heavy atom. The molecule has 0 amide bonds. The highest BCUT2D eigenvalue weighted by molar-refractivity contribution is 6.88. The average Bonchev–Trinajstić information content (AvgIpc) is 3.40. The number of fused-ring (bicyclic) bond motifs is 3. The van der Waals surface area contributed by atoms with Gasteiger partial charge in [-0.15, -0.1) is 0 Å². The summed E-state index contributed by atoms with van der Waals surface area (Å²) in [6, 6.07) is 36.7. The van der Waals surface area contributed by atoms with E-state index in [1.807, 2.05) is 30.6 Å². The van der Waals surface area contributed by atoms with Gasteiger partial charge in [-0.05, 0) is 80.4 Å². The number of hydrogen-bond acceptors (Lipinski definition) is 4. The number of nitrogens with zero attached hydrogens (tertiary/aromatic N) is 3. The van der Waals surface area contributed by atoms with Crippen molar-refractivity contribution < 1.29 is 4.42 Å². The second-order valence-corrected chi connectivity index (χ2v) is 18.1. The molecule has 7 aromatic rings. The van der Waals surface area contributed by atoms with E-state index in [0.717, 1.165) is 55.8 Å². The van der Waals surface area contributed by atoms with E-state index >= 15 is 0 Å². The number of rotatable bonds is 6. The van der Waals surface area contributed by atoms with Gasteiger partial charge in [-0.3, -0.25) is 9.97 Å². The van der Waals surface area contributed by atoms with E-state index < -0.39 is 8.07 Å². The maximum Gasteiger partial charge on any atom is 0.153 e. The fraction of sp³-hybridized carbons (Fsp3) is 0.150. The van der Waals surface area contributed by atoms with Gasteiger partial charge in [0.1, 0.15) is 5.58 Å². The van der Waals surface area contributed by atoms with E-state index in [1.165, 1.54) is 27.6 Å². The van der Waals surface area contributed by atoms with Gasteiger partial charge in [0.2, 0.25) is 0 Å². The first kappa shape index (κ1) is 28.7. The van der Waals surface area contributed by atoms with Gasteiger partial charge in [0.15, 0.2) is 5.58 Å². The maximum atomic E-state index is 6.06. The molecule has 0 radical (unpaired) electrons. The minimum Gasteiger partial charge on any atom is -0.454 e. The van der Waals surface area contributed by atoms with E-state index in [1.54, 1.807) is 0 Å². The molecule has 0 fully saturated rings. The Balaban J connectivity index is 1.38. The predicted molar refractivity (Wildman–Crippen MR) is 192 cm³/mol. The molecule has 0 unspecified atom stereocenters. The van der Waals surface area contributed by atoms with Crippen molar-refractivity contribution in [1.82, 2.24) is 9.97 Å². The third-order valence-electron chi connectivity index (χ3n) is 8.55. The molecule has 0 spiro atoms. The van der Waals surface area contributed by atoms with Crippen LogP contribution in [0.2, 0.25) is 19.6 Å². The Morgan fingerprint density at radius 1 is 0.600 bits per heavy atom. The van der Waals surface area contributed by atoms with Crippen LogP contribution in [0.25, 0.3) is 44.5 Å². The first-order chi connectivity index (χ1) is 21.7. The van der Waals surface area contributed by atoms with Crippen LogP contribution in [0.5, 0.6) is 0 Å². The molecule has 0 aliphatic carbocycles. The average molecular weight is 604 g/mol. The van der Waals surface area contributed by atoms with E-state index in [0.29, 0.717) is 0 Å². The van der Waals surface area contributed by atoms with Gasteiger partial charge in [0.05, 0.1) is 31.3 Å². The Bertz CT molecular complexity index is 2190. The molecule has 3 heterocycles. The van der Waals surface area contributed by atoms with Crippen LogP contribution < -0.4 is 10.1 Å². The molecule has 0 aliphatic rings. The van der Waals surface area contributed by atoms with Crippen molar-refractivity contribution in [2.24, 2.45) is 0 Å². The number of benzene rings is 4. The molecular weight excluding hydrogens is 567 g/mol. The molecule has 4 aromatic carbocycles. The summed E-state index contributed by atoms with van der Waals surface area (Å²) >= 11 is 0. The van der Waals surface area contributed by atoms with Gasteiger partial charge >= 0.3 is 0 Å². The van der Waals surface area contributed by atoms with Gasteiger partial charge in [-0.25, -0.2) is 0 Å². The molecule has 45 heavy (non-hydrogen) atoms. The first-order valence-corrected chi connectivity index (χ1v) is 19.0. The van der Waals surface area contributed by atoms with Crippen molar-refractivity contribution in [3.05, 3.63) is 132 Å². The van der Waals surface area contributed by atoms with Crippen molar-refractivity contribution >= 4 is 52.3 Å². The van der Waals surface area contributed by atoms with Crippen LogP contribution >= 0.6 is 0 Å². The summed E-state index contributed by atoms with van der Waals surface area (Å²) in [6.07, 6.45) is 3.80. The highest BCUT2D eigenvalue weighted by atomic mass is 28.3. The SMILES string of the molecule is Cc1cc(C)c(N(c2cccc(-c3cc([Si](C)(C)C)ccn3)c2)c2cccc(-c3cc4c(cn3)oc3ccccc34)c2)c(C)c1. The van der Waals surface area contributed by atoms with E-state index in [-0.39, 0.29) is 0 Å². The number of aryl methyl sites for hydroxylation is 3. The van der Waals surface area contributed by atoms with Gasteiger partial charge in [-0.1, -0.05) is 85.0 Å². The van der Waals surface area contributed by atoms with Crippen LogP contribution in [0.1, 0.15) is 16.7 Å². The van der Waals surface area contributed by atoms with Gasteiger partial charge in [0, 0.05) is 39.5 Å². The van der Waals surface area contributed by atoms with Gasteiger partial charge in [0.25, 0.3) is 0 Å². The lowest BCUT2D eigenvalue weighted by Gasteiger charge is -2.30. The zero-order valence-corrected chi connectivity index (χ0v) is 27.7. The number of furan rings is 1. The monoisotopic (exact) mass is 603 g/mol. The summed E-state index contributed by atoms with van der Waals surface area (Å²) in [6.45, 7) is 13.7. The molecule has 0 N–H and O–H groups in total. The second kappa shape index (κ2) is 11.2. The summed E-state index contributed by atoms with van der Waals surface area (Å²) in [4.78, 5) is 12.0. The fourth-order valence-corrected chi connectivity index (χ4v) is 7.53. The molecule has 4 nitrogen and oxygen atoms in total. The van der Waals surface area contributed by atoms with Crippen LogP contribution in [0, 0.1) is 20.8 Å². The minimum atomic E-state index is -1.49. The van der Waals surface area contributed by atoms with Crippen molar-refractivity contribution in [1.29, 1.82) is 0 Å². The molecule has 5 heteroatoms. The number of para-hydroxylation sites is 1. The standard InChI is InChI=1S/C40H37N3OSi/c1-26-19-27(2)40(28(3)20-26)43(31-13-9-11-29(21-31)36-23-33(17-18-41-36)45(4,5)6)32-14-10-12-30(22-32)37-24-35-34-15-7-8-16-38(34)44-39(35)25-42-37/h7-25H,1-6H3. The normalized spacial score (nSPS) is 11.8. The van der Waals surface area contributed by atoms with Crippen molar-refractivity contribution in [2.45, 2.75) is 40.4 Å². The number of pyridine rings is 2. The van der Waals surface area contributed by atoms with Crippen LogP contribution in [0.15, 0.2) is 120 Å². The molecule has 0 saturated carbocycles. The number of anilines is 3. The van der Waals surface area contributed by atoms with Gasteiger partial charge in [-0.2, -0.15) is 0 Å². The molecule has 222 valence electrons. The van der Waals surface area contributed by atoms with Crippen LogP contribution in [-0.4, -0.2) is 18.0 Å². The number of aromatic nitrogens is 2. The smallest absolute Gasteiger partial charge is 0.153 e. The zero-order chi connectivity index (χ0) is 31.3. The third kappa shape index (κ3) is 5.45. The Labute approximate surface area is 266 Å². The summed E-state index contributed by atoms with van der Waals surface area (Å²) < 4.78 is 6.06. The lowest BCUT2D eigenvalue weighted by Crippen LogP contribution is -2.37. The minimum absolute atomic E-state index is 0.798. The predicted octanol–water partition coefficient (Wildman–Crippen LogP) is 10.7. The topological polar surface area (TPSA) is 42.2 Å². The lowest BCUT2D eigenvalue weighted by atomic mass is 10.0. The first-order valence-electron chi connectivity index (χ1n) is 15.5. The highest BCUT2D eigenvalue weighted by Gasteiger charge is 2.21. The molecule has 0 bridgehead atoms. The van der Waals surface area contributed by atoms with Crippen molar-refractivity contribution in [3.63, 3.8) is 0 Å². The lowest BCUT2D eigenvalue weighted by molar-refractivity contribution is 0.667. The van der Waals surface area contributed by atoms with Crippen LogP contribution in [-0.2, 0) is 0 Å². The van der Waals surface area contributed by atoms with Crippen molar-refractivity contribution in [3.8, 4) is 22.5 Å². The largest absolute Gasteiger partial charge is 0.454 e. The quantitative estimate of drug-likeness (QED) is 0.177. The molecule has 0 atom stereocenters. The molecular formula is C40H37N3OSi. The zero-order valence-electron chi connectivity index (χ0n) is 26.7. The van der Waals surface area contributed by atoms with Gasteiger partial charge < -0.3 is 9.32 Å². The molecule has 3 aromatic heterocycles. The van der Waals surface area contributed by atoms with E-state index in [2.05, 4.69) is 130 Å². The maximum absolute atomic E-state index is 6.06. The molecule has 0 saturated heterocycles. The van der Waals surface area contributed by atoms with E-state index in [4.69, 9.17) is 14.4 Å². The van der Waals surface area contributed by atoms with Crippen LogP contribution in [0.3, 0.4) is 0 Å². The van der Waals surface area contributed by atoms with Crippen molar-refractivity contribution in [2.75, 3.05) is 4.90 Å². The van der Waals surface area contributed by atoms with Crippen LogP contribution in [0.4, 0.5) is 17.1 Å². The summed E-state index contributed by atoms with van der Waals surface area (Å²) in [5.74, 6) is 0.